The molecule has 4 rings (SSSR count). The van der Waals surface area contributed by atoms with Crippen LogP contribution in [-0.4, -0.2) is 15.3 Å². The third-order valence-electron chi connectivity index (χ3n) is 10.8. The van der Waals surface area contributed by atoms with Gasteiger partial charge in [-0.3, -0.25) is 0 Å². The zero-order chi connectivity index (χ0) is 41.1. The Hall–Kier alpha value is -3.72. The summed E-state index contributed by atoms with van der Waals surface area (Å²) < 4.78 is 0. The Kier molecular flexibility index (Phi) is 11.5. The summed E-state index contributed by atoms with van der Waals surface area (Å²) in [6, 6.07) is 20.2. The number of rotatable bonds is 6. The molecule has 4 aromatic carbocycles. The molecule has 0 aliphatic heterocycles. The summed E-state index contributed by atoms with van der Waals surface area (Å²) >= 11 is 0. The molecule has 3 N–H and O–H groups in total. The molecule has 0 heterocycles. The van der Waals surface area contributed by atoms with Gasteiger partial charge in [-0.15, -0.1) is 0 Å². The average Bonchev–Trinajstić information content (AvgIpc) is 2.97. The highest BCUT2D eigenvalue weighted by atomic mass is 16.3. The number of phenolic OH excluding ortho intramolecular Hbond substituents is 3. The van der Waals surface area contributed by atoms with Crippen LogP contribution in [0.3, 0.4) is 0 Å². The first-order chi connectivity index (χ1) is 24.3. The molecule has 0 amide bonds. The molecule has 0 saturated heterocycles. The van der Waals surface area contributed by atoms with E-state index in [4.69, 9.17) is 0 Å². The lowest BCUT2D eigenvalue weighted by Crippen LogP contribution is -2.18. The number of hydrogen-bond donors (Lipinski definition) is 3. The molecule has 0 aliphatic rings. The van der Waals surface area contributed by atoms with Crippen molar-refractivity contribution in [3.8, 4) is 17.2 Å². The first kappa shape index (κ1) is 43.0. The third kappa shape index (κ3) is 9.74. The van der Waals surface area contributed by atoms with Crippen LogP contribution in [0.25, 0.3) is 0 Å². The van der Waals surface area contributed by atoms with Crippen LogP contribution in [0.2, 0.25) is 0 Å². The number of phenols is 3. The molecular weight excluding hydrogens is 661 g/mol. The fourth-order valence-electron chi connectivity index (χ4n) is 7.62. The van der Waals surface area contributed by atoms with Gasteiger partial charge in [0, 0.05) is 0 Å². The van der Waals surface area contributed by atoms with E-state index in [2.05, 4.69) is 179 Å². The van der Waals surface area contributed by atoms with Crippen molar-refractivity contribution < 1.29 is 15.3 Å². The van der Waals surface area contributed by atoms with Crippen LogP contribution >= 0.6 is 0 Å². The van der Waals surface area contributed by atoms with Gasteiger partial charge in [-0.2, -0.15) is 0 Å². The fourth-order valence-corrected chi connectivity index (χ4v) is 7.62. The lowest BCUT2D eigenvalue weighted by Gasteiger charge is -2.29. The van der Waals surface area contributed by atoms with Crippen LogP contribution in [0, 0.1) is 0 Å². The molecule has 0 aliphatic carbocycles. The van der Waals surface area contributed by atoms with Crippen molar-refractivity contribution in [2.24, 2.45) is 0 Å². The van der Waals surface area contributed by atoms with Crippen LogP contribution in [-0.2, 0) is 51.8 Å². The first-order valence-corrected chi connectivity index (χ1v) is 20.0. The number of hydrogen-bond acceptors (Lipinski definition) is 3. The second-order valence-electron chi connectivity index (χ2n) is 22.3. The minimum atomic E-state index is -0.224. The van der Waals surface area contributed by atoms with E-state index in [1.54, 1.807) is 0 Å². The van der Waals surface area contributed by atoms with E-state index in [1.165, 1.54) is 33.4 Å². The van der Waals surface area contributed by atoms with E-state index in [9.17, 15) is 15.3 Å². The maximum atomic E-state index is 11.6. The van der Waals surface area contributed by atoms with Gasteiger partial charge in [-0.05, 0) is 119 Å². The Morgan fingerprint density at radius 3 is 0.796 bits per heavy atom. The number of benzene rings is 4. The summed E-state index contributed by atoms with van der Waals surface area (Å²) in [6.07, 6.45) is 2.21. The van der Waals surface area contributed by atoms with Crippen molar-refractivity contribution in [3.05, 3.63) is 121 Å². The molecule has 0 saturated carbocycles. The van der Waals surface area contributed by atoms with Crippen molar-refractivity contribution in [2.75, 3.05) is 0 Å². The smallest absolute Gasteiger partial charge is 0.123 e. The van der Waals surface area contributed by atoms with Gasteiger partial charge >= 0.3 is 0 Å². The maximum Gasteiger partial charge on any atom is 0.123 e. The Morgan fingerprint density at radius 2 is 0.537 bits per heavy atom. The summed E-state index contributed by atoms with van der Waals surface area (Å²) in [5.74, 6) is 1.21. The van der Waals surface area contributed by atoms with E-state index in [0.717, 1.165) is 52.6 Å². The van der Waals surface area contributed by atoms with Gasteiger partial charge in [-0.25, -0.2) is 0 Å². The summed E-state index contributed by atoms with van der Waals surface area (Å²) in [6.45, 7) is 39.0. The summed E-state index contributed by atoms with van der Waals surface area (Å²) in [5, 5.41) is 34.5. The van der Waals surface area contributed by atoms with Gasteiger partial charge in [-0.1, -0.05) is 179 Å². The second-order valence-corrected chi connectivity index (χ2v) is 22.3. The van der Waals surface area contributed by atoms with Gasteiger partial charge in [0.2, 0.25) is 0 Å². The average molecular weight is 733 g/mol. The molecule has 0 unspecified atom stereocenters. The highest BCUT2D eigenvalue weighted by Gasteiger charge is 2.30. The van der Waals surface area contributed by atoms with Crippen LogP contribution in [0.1, 0.15) is 191 Å². The molecule has 0 bridgehead atoms. The molecule has 3 heteroatoms. The molecule has 0 atom stereocenters. The third-order valence-corrected chi connectivity index (χ3v) is 10.8. The minimum absolute atomic E-state index is 0.203. The van der Waals surface area contributed by atoms with Crippen molar-refractivity contribution in [1.29, 1.82) is 0 Å². The van der Waals surface area contributed by atoms with E-state index >= 15 is 0 Å². The van der Waals surface area contributed by atoms with Crippen LogP contribution in [0.5, 0.6) is 17.2 Å². The minimum Gasteiger partial charge on any atom is -0.507 e. The van der Waals surface area contributed by atoms with Crippen molar-refractivity contribution >= 4 is 0 Å². The van der Waals surface area contributed by atoms with E-state index in [0.29, 0.717) is 17.2 Å². The molecule has 0 spiro atoms. The largest absolute Gasteiger partial charge is 0.507 e. The van der Waals surface area contributed by atoms with Crippen molar-refractivity contribution in [1.82, 2.24) is 0 Å². The molecule has 54 heavy (non-hydrogen) atoms. The van der Waals surface area contributed by atoms with Crippen LogP contribution in [0.4, 0.5) is 0 Å². The monoisotopic (exact) mass is 733 g/mol. The van der Waals surface area contributed by atoms with Gasteiger partial charge in [0.05, 0.1) is 0 Å². The lowest BCUT2D eigenvalue weighted by molar-refractivity contribution is 0.422. The SMILES string of the molecule is CC(C)(C)c1cc(Cc2ccc(Cc3cc(C(C)(C)C)c(O)c(C(C)(C)C)c3)c(Cc3cc(C(C)(C)C)c(O)c(C(C)(C)C)c3)c2)cc(C(C)(C)C)c1O. The predicted octanol–water partition coefficient (Wildman–Crippen LogP) is 13.4. The van der Waals surface area contributed by atoms with Crippen LogP contribution < -0.4 is 0 Å². The summed E-state index contributed by atoms with van der Waals surface area (Å²) in [7, 11) is 0. The quantitative estimate of drug-likeness (QED) is 0.185. The maximum absolute atomic E-state index is 11.6. The Balaban J connectivity index is 1.96. The highest BCUT2D eigenvalue weighted by Crippen LogP contribution is 2.43. The highest BCUT2D eigenvalue weighted by molar-refractivity contribution is 5.55. The van der Waals surface area contributed by atoms with E-state index in [1.807, 2.05) is 0 Å². The molecule has 0 aromatic heterocycles. The van der Waals surface area contributed by atoms with Crippen molar-refractivity contribution in [3.63, 3.8) is 0 Å². The number of aromatic hydroxyl groups is 3. The van der Waals surface area contributed by atoms with Gasteiger partial charge in [0.25, 0.3) is 0 Å². The fraction of sp³-hybridized carbons (Fsp3) is 0.529. The Morgan fingerprint density at radius 1 is 0.296 bits per heavy atom. The Labute approximate surface area is 329 Å². The molecular formula is C51H72O3. The Bertz CT molecular complexity index is 1890. The molecule has 0 radical (unpaired) electrons. The second kappa shape index (κ2) is 14.4. The van der Waals surface area contributed by atoms with Gasteiger partial charge < -0.3 is 15.3 Å². The zero-order valence-electron chi connectivity index (χ0n) is 37.2. The predicted molar refractivity (Wildman–Crippen MR) is 231 cm³/mol. The summed E-state index contributed by atoms with van der Waals surface area (Å²) in [5.41, 5.74) is 11.9. The van der Waals surface area contributed by atoms with E-state index in [-0.39, 0.29) is 32.5 Å². The molecule has 0 fully saturated rings. The van der Waals surface area contributed by atoms with Gasteiger partial charge in [0.15, 0.2) is 0 Å². The topological polar surface area (TPSA) is 60.7 Å². The van der Waals surface area contributed by atoms with E-state index < -0.39 is 0 Å². The van der Waals surface area contributed by atoms with Crippen molar-refractivity contribution in [2.45, 2.75) is 176 Å². The molecule has 4 aromatic rings. The molecule has 3 nitrogen and oxygen atoms in total. The summed E-state index contributed by atoms with van der Waals surface area (Å²) in [4.78, 5) is 0. The lowest BCUT2D eigenvalue weighted by atomic mass is 9.77. The standard InChI is InChI=1S/C51H72O3/c1-46(2,3)37-25-32(26-38(43(37)52)47(4,5)6)21-31-19-20-35(23-33-27-39(48(7,8)9)44(53)40(28-33)49(10,11)12)36(22-31)24-34-29-41(50(13,14)15)45(54)42(30-34)51(16,17)18/h19-20,22,25-30,52-54H,21,23-24H2,1-18H3. The first-order valence-electron chi connectivity index (χ1n) is 20.0. The molecule has 294 valence electrons. The van der Waals surface area contributed by atoms with Gasteiger partial charge in [0.1, 0.15) is 17.2 Å². The zero-order valence-corrected chi connectivity index (χ0v) is 37.2. The normalized spacial score (nSPS) is 13.4. The van der Waals surface area contributed by atoms with Crippen LogP contribution in [0.15, 0.2) is 54.6 Å².